The van der Waals surface area contributed by atoms with E-state index in [1.807, 2.05) is 12.1 Å². The summed E-state index contributed by atoms with van der Waals surface area (Å²) in [5, 5.41) is 2.09. The number of aromatic nitrogens is 2. The maximum atomic E-state index is 13.4. The number of alkyl halides is 3. The summed E-state index contributed by atoms with van der Waals surface area (Å²) in [6, 6.07) is 11.8. The van der Waals surface area contributed by atoms with Crippen LogP contribution in [0.2, 0.25) is 0 Å². The maximum absolute atomic E-state index is 13.4. The largest absolute Gasteiger partial charge is 0.417 e. The van der Waals surface area contributed by atoms with Crippen LogP contribution in [0.15, 0.2) is 48.8 Å². The van der Waals surface area contributed by atoms with E-state index in [0.29, 0.717) is 21.8 Å². The number of hydrogen-bond acceptors (Lipinski definition) is 1. The Hall–Kier alpha value is -2.56. The van der Waals surface area contributed by atoms with Crippen LogP contribution in [0, 0.1) is 0 Å². The van der Waals surface area contributed by atoms with Gasteiger partial charge in [-0.05, 0) is 28.3 Å². The van der Waals surface area contributed by atoms with Crippen LogP contribution < -0.4 is 0 Å². The van der Waals surface area contributed by atoms with Crippen molar-refractivity contribution in [1.82, 2.24) is 9.97 Å². The van der Waals surface area contributed by atoms with E-state index in [2.05, 4.69) is 9.97 Å². The van der Waals surface area contributed by atoms with Crippen LogP contribution in [0.5, 0.6) is 0 Å². The summed E-state index contributed by atoms with van der Waals surface area (Å²) in [4.78, 5) is 6.93. The number of imidazole rings is 1. The van der Waals surface area contributed by atoms with Gasteiger partial charge in [-0.1, -0.05) is 30.3 Å². The number of halogens is 3. The molecule has 104 valence electrons. The fraction of sp³-hybridized carbons (Fsp3) is 0.0625. The highest BCUT2D eigenvalue weighted by Crippen LogP contribution is 2.40. The minimum atomic E-state index is -4.42. The second kappa shape index (κ2) is 3.97. The third-order valence-corrected chi connectivity index (χ3v) is 3.72. The van der Waals surface area contributed by atoms with Crippen molar-refractivity contribution in [3.8, 4) is 0 Å². The predicted molar refractivity (Wildman–Crippen MR) is 76.1 cm³/mol. The maximum Gasteiger partial charge on any atom is 0.417 e. The van der Waals surface area contributed by atoms with Gasteiger partial charge in [-0.15, -0.1) is 0 Å². The Bertz CT molecular complexity index is 983. The van der Waals surface area contributed by atoms with Crippen molar-refractivity contribution >= 4 is 32.6 Å². The normalized spacial score (nSPS) is 12.5. The molecule has 2 nitrogen and oxygen atoms in total. The Morgan fingerprint density at radius 1 is 0.952 bits per heavy atom. The molecule has 0 saturated carbocycles. The van der Waals surface area contributed by atoms with Gasteiger partial charge in [0.2, 0.25) is 0 Å². The third kappa shape index (κ3) is 1.70. The standard InChI is InChI=1S/C16H9F3N2/c17-16(18,19)12-7-9-3-1-2-4-10(9)11-5-6-13-15(14(11)12)21-8-20-13/h1-8H,(H,20,21). The Morgan fingerprint density at radius 2 is 1.76 bits per heavy atom. The van der Waals surface area contributed by atoms with Gasteiger partial charge in [0, 0.05) is 5.39 Å². The molecular formula is C16H9F3N2. The van der Waals surface area contributed by atoms with E-state index in [-0.39, 0.29) is 5.39 Å². The van der Waals surface area contributed by atoms with Gasteiger partial charge in [0.15, 0.2) is 0 Å². The Morgan fingerprint density at radius 3 is 2.57 bits per heavy atom. The average Bonchev–Trinajstić information content (AvgIpc) is 2.93. The van der Waals surface area contributed by atoms with Crippen molar-refractivity contribution < 1.29 is 13.2 Å². The number of nitrogens with one attached hydrogen (secondary N) is 1. The molecule has 0 spiro atoms. The van der Waals surface area contributed by atoms with Gasteiger partial charge in [-0.3, -0.25) is 0 Å². The molecule has 0 amide bonds. The van der Waals surface area contributed by atoms with E-state index in [0.717, 1.165) is 5.39 Å². The van der Waals surface area contributed by atoms with Crippen molar-refractivity contribution in [1.29, 1.82) is 0 Å². The molecule has 1 aromatic heterocycles. The second-order valence-corrected chi connectivity index (χ2v) is 4.93. The number of hydrogen-bond donors (Lipinski definition) is 1. The molecule has 0 atom stereocenters. The summed E-state index contributed by atoms with van der Waals surface area (Å²) < 4.78 is 40.3. The van der Waals surface area contributed by atoms with Crippen LogP contribution in [-0.4, -0.2) is 9.97 Å². The third-order valence-electron chi connectivity index (χ3n) is 3.72. The first-order valence-electron chi connectivity index (χ1n) is 6.40. The average molecular weight is 286 g/mol. The van der Waals surface area contributed by atoms with Crippen molar-refractivity contribution in [2.75, 3.05) is 0 Å². The van der Waals surface area contributed by atoms with Gasteiger partial charge in [-0.2, -0.15) is 13.2 Å². The van der Waals surface area contributed by atoms with Gasteiger partial charge in [-0.25, -0.2) is 4.98 Å². The molecule has 0 aliphatic rings. The molecular weight excluding hydrogens is 277 g/mol. The molecule has 0 radical (unpaired) electrons. The molecule has 0 unspecified atom stereocenters. The van der Waals surface area contributed by atoms with Gasteiger partial charge in [0.05, 0.1) is 22.9 Å². The lowest BCUT2D eigenvalue weighted by Gasteiger charge is -2.13. The zero-order chi connectivity index (χ0) is 14.6. The lowest BCUT2D eigenvalue weighted by atomic mass is 9.96. The molecule has 0 fully saturated rings. The summed E-state index contributed by atoms with van der Waals surface area (Å²) in [5.74, 6) is 0. The molecule has 0 saturated heterocycles. The van der Waals surface area contributed by atoms with Crippen molar-refractivity contribution in [3.63, 3.8) is 0 Å². The summed E-state index contributed by atoms with van der Waals surface area (Å²) in [6.45, 7) is 0. The zero-order valence-corrected chi connectivity index (χ0v) is 10.7. The minimum Gasteiger partial charge on any atom is -0.345 e. The molecule has 4 aromatic rings. The summed E-state index contributed by atoms with van der Waals surface area (Å²) in [5.41, 5.74) is 0.308. The number of H-pyrrole nitrogens is 1. The minimum absolute atomic E-state index is 0.153. The lowest BCUT2D eigenvalue weighted by molar-refractivity contribution is -0.136. The molecule has 21 heavy (non-hydrogen) atoms. The molecule has 3 aromatic carbocycles. The molecule has 0 aliphatic heterocycles. The summed E-state index contributed by atoms with van der Waals surface area (Å²) in [7, 11) is 0. The number of aromatic amines is 1. The van der Waals surface area contributed by atoms with E-state index < -0.39 is 11.7 Å². The van der Waals surface area contributed by atoms with E-state index in [9.17, 15) is 13.2 Å². The van der Waals surface area contributed by atoms with E-state index >= 15 is 0 Å². The van der Waals surface area contributed by atoms with E-state index in [1.54, 1.807) is 24.3 Å². The van der Waals surface area contributed by atoms with Gasteiger partial charge in [0.1, 0.15) is 0 Å². The monoisotopic (exact) mass is 286 g/mol. The fourth-order valence-electron chi connectivity index (χ4n) is 2.82. The molecule has 4 rings (SSSR count). The fourth-order valence-corrected chi connectivity index (χ4v) is 2.82. The summed E-state index contributed by atoms with van der Waals surface area (Å²) in [6.07, 6.45) is -3.00. The van der Waals surface area contributed by atoms with Crippen LogP contribution in [0.3, 0.4) is 0 Å². The first kappa shape index (κ1) is 12.2. The van der Waals surface area contributed by atoms with Crippen LogP contribution in [0.4, 0.5) is 13.2 Å². The molecule has 1 heterocycles. The lowest BCUT2D eigenvalue weighted by Crippen LogP contribution is -2.06. The van der Waals surface area contributed by atoms with Gasteiger partial charge >= 0.3 is 6.18 Å². The van der Waals surface area contributed by atoms with Crippen LogP contribution in [0.1, 0.15) is 5.56 Å². The Balaban J connectivity index is 2.34. The first-order chi connectivity index (χ1) is 10.1. The number of fused-ring (bicyclic) bond motifs is 5. The number of benzene rings is 3. The zero-order valence-electron chi connectivity index (χ0n) is 10.7. The number of nitrogens with zero attached hydrogens (tertiary/aromatic N) is 1. The number of rotatable bonds is 0. The van der Waals surface area contributed by atoms with Crippen LogP contribution in [0.25, 0.3) is 32.6 Å². The summed E-state index contributed by atoms with van der Waals surface area (Å²) >= 11 is 0. The molecule has 5 heteroatoms. The molecule has 0 aliphatic carbocycles. The highest BCUT2D eigenvalue weighted by atomic mass is 19.4. The first-order valence-corrected chi connectivity index (χ1v) is 6.40. The van der Waals surface area contributed by atoms with Crippen molar-refractivity contribution in [2.45, 2.75) is 6.18 Å². The van der Waals surface area contributed by atoms with E-state index in [1.165, 1.54) is 12.4 Å². The highest BCUT2D eigenvalue weighted by Gasteiger charge is 2.34. The van der Waals surface area contributed by atoms with Crippen LogP contribution >= 0.6 is 0 Å². The Kier molecular flexibility index (Phi) is 2.31. The second-order valence-electron chi connectivity index (χ2n) is 4.93. The van der Waals surface area contributed by atoms with Gasteiger partial charge < -0.3 is 4.98 Å². The SMILES string of the molecule is FC(F)(F)c1cc2ccccc2c2ccc3[nH]cnc3c12. The molecule has 0 bridgehead atoms. The predicted octanol–water partition coefficient (Wildman–Crippen LogP) is 4.89. The molecule has 1 N–H and O–H groups in total. The smallest absolute Gasteiger partial charge is 0.345 e. The quantitative estimate of drug-likeness (QED) is 0.458. The van der Waals surface area contributed by atoms with Crippen LogP contribution in [-0.2, 0) is 6.18 Å². The highest BCUT2D eigenvalue weighted by molar-refractivity contribution is 6.17. The van der Waals surface area contributed by atoms with Gasteiger partial charge in [0.25, 0.3) is 0 Å². The topological polar surface area (TPSA) is 28.7 Å². The van der Waals surface area contributed by atoms with E-state index in [4.69, 9.17) is 0 Å². The van der Waals surface area contributed by atoms with Crippen molar-refractivity contribution in [3.05, 3.63) is 54.4 Å². The Labute approximate surface area is 117 Å². The van der Waals surface area contributed by atoms with Crippen molar-refractivity contribution in [2.24, 2.45) is 0 Å².